The van der Waals surface area contributed by atoms with Gasteiger partial charge in [-0.2, -0.15) is 13.2 Å². The lowest BCUT2D eigenvalue weighted by Crippen LogP contribution is -2.11. The lowest BCUT2D eigenvalue weighted by atomic mass is 10.1. The number of para-hydroxylation sites is 1. The van der Waals surface area contributed by atoms with Gasteiger partial charge in [0.2, 0.25) is 0 Å². The molecule has 96 valence electrons. The van der Waals surface area contributed by atoms with E-state index in [9.17, 15) is 13.2 Å². The molecule has 1 N–H and O–H groups in total. The van der Waals surface area contributed by atoms with Crippen molar-refractivity contribution in [2.45, 2.75) is 38.8 Å². The molecule has 0 aromatic heterocycles. The van der Waals surface area contributed by atoms with E-state index in [2.05, 4.69) is 12.2 Å². The molecule has 0 amide bonds. The number of anilines is 1. The van der Waals surface area contributed by atoms with Crippen LogP contribution in [0.3, 0.4) is 0 Å². The third-order valence-electron chi connectivity index (χ3n) is 2.49. The molecule has 0 fully saturated rings. The molecule has 1 rings (SSSR count). The smallest absolute Gasteiger partial charge is 0.385 e. The summed E-state index contributed by atoms with van der Waals surface area (Å²) >= 11 is 0. The molecule has 0 heterocycles. The lowest BCUT2D eigenvalue weighted by molar-refractivity contribution is -0.134. The van der Waals surface area contributed by atoms with Crippen LogP contribution in [-0.4, -0.2) is 12.7 Å². The summed E-state index contributed by atoms with van der Waals surface area (Å²) in [5.41, 5.74) is 2.12. The minimum atomic E-state index is -4.05. The third-order valence-corrected chi connectivity index (χ3v) is 2.49. The Balaban J connectivity index is 2.41. The lowest BCUT2D eigenvalue weighted by Gasteiger charge is -2.12. The summed E-state index contributed by atoms with van der Waals surface area (Å²) in [5.74, 6) is 0. The van der Waals surface area contributed by atoms with Gasteiger partial charge < -0.3 is 5.32 Å². The molecule has 4 heteroatoms. The third kappa shape index (κ3) is 5.61. The number of benzene rings is 1. The summed E-state index contributed by atoms with van der Waals surface area (Å²) in [7, 11) is 0. The number of rotatable bonds is 6. The molecule has 0 spiro atoms. The fraction of sp³-hybridized carbons (Fsp3) is 0.538. The Morgan fingerprint density at radius 1 is 1.18 bits per heavy atom. The van der Waals surface area contributed by atoms with Crippen LogP contribution < -0.4 is 5.32 Å². The van der Waals surface area contributed by atoms with Crippen molar-refractivity contribution < 1.29 is 13.2 Å². The highest BCUT2D eigenvalue weighted by atomic mass is 19.4. The highest BCUT2D eigenvalue weighted by Gasteiger charge is 2.25. The Morgan fingerprint density at radius 2 is 1.88 bits per heavy atom. The van der Waals surface area contributed by atoms with Crippen LogP contribution in [0, 0.1) is 0 Å². The van der Waals surface area contributed by atoms with Crippen molar-refractivity contribution in [3.63, 3.8) is 0 Å². The van der Waals surface area contributed by atoms with Crippen LogP contribution in [0.2, 0.25) is 0 Å². The second-order valence-corrected chi connectivity index (χ2v) is 4.05. The molecule has 0 radical (unpaired) electrons. The zero-order chi connectivity index (χ0) is 12.7. The van der Waals surface area contributed by atoms with Crippen LogP contribution in [-0.2, 0) is 6.42 Å². The van der Waals surface area contributed by atoms with Gasteiger partial charge in [0, 0.05) is 18.7 Å². The Morgan fingerprint density at radius 3 is 2.53 bits per heavy atom. The van der Waals surface area contributed by atoms with Crippen molar-refractivity contribution in [1.29, 1.82) is 0 Å². The molecule has 1 nitrogen and oxygen atoms in total. The van der Waals surface area contributed by atoms with Crippen molar-refractivity contribution in [1.82, 2.24) is 0 Å². The van der Waals surface area contributed by atoms with Crippen LogP contribution in [0.15, 0.2) is 24.3 Å². The van der Waals surface area contributed by atoms with Crippen molar-refractivity contribution in [3.05, 3.63) is 29.8 Å². The Labute approximate surface area is 100 Å². The topological polar surface area (TPSA) is 12.0 Å². The van der Waals surface area contributed by atoms with Gasteiger partial charge >= 0.3 is 6.18 Å². The van der Waals surface area contributed by atoms with Gasteiger partial charge in [0.15, 0.2) is 0 Å². The quantitative estimate of drug-likeness (QED) is 0.733. The van der Waals surface area contributed by atoms with E-state index >= 15 is 0 Å². The monoisotopic (exact) mass is 245 g/mol. The molecule has 0 aliphatic carbocycles. The van der Waals surface area contributed by atoms with Gasteiger partial charge in [0.05, 0.1) is 0 Å². The summed E-state index contributed by atoms with van der Waals surface area (Å²) in [4.78, 5) is 0. The second-order valence-electron chi connectivity index (χ2n) is 4.05. The molecule has 0 aliphatic heterocycles. The number of alkyl halides is 3. The first-order valence-electron chi connectivity index (χ1n) is 5.91. The zero-order valence-corrected chi connectivity index (χ0v) is 9.98. The normalized spacial score (nSPS) is 11.5. The van der Waals surface area contributed by atoms with E-state index in [1.807, 2.05) is 24.3 Å². The van der Waals surface area contributed by atoms with Gasteiger partial charge in [-0.05, 0) is 24.5 Å². The molecule has 1 aromatic carbocycles. The van der Waals surface area contributed by atoms with Crippen LogP contribution in [0.5, 0.6) is 0 Å². The predicted octanol–water partition coefficient (Wildman–Crippen LogP) is 4.39. The van der Waals surface area contributed by atoms with Gasteiger partial charge in [-0.1, -0.05) is 31.5 Å². The first-order valence-corrected chi connectivity index (χ1v) is 5.91. The Bertz CT molecular complexity index is 334. The van der Waals surface area contributed by atoms with Crippen molar-refractivity contribution in [3.8, 4) is 0 Å². The van der Waals surface area contributed by atoms with Gasteiger partial charge in [0.1, 0.15) is 0 Å². The van der Waals surface area contributed by atoms with Crippen LogP contribution >= 0.6 is 0 Å². The van der Waals surface area contributed by atoms with Crippen LogP contribution in [0.1, 0.15) is 31.7 Å². The molecule has 0 saturated carbocycles. The van der Waals surface area contributed by atoms with E-state index in [4.69, 9.17) is 0 Å². The minimum absolute atomic E-state index is 0.115. The van der Waals surface area contributed by atoms with Gasteiger partial charge in [-0.3, -0.25) is 0 Å². The summed E-state index contributed by atoms with van der Waals surface area (Å²) in [6.45, 7) is 2.45. The number of hydrogen-bond acceptors (Lipinski definition) is 1. The predicted molar refractivity (Wildman–Crippen MR) is 64.2 cm³/mol. The fourth-order valence-electron chi connectivity index (χ4n) is 1.69. The molecule has 0 aliphatic rings. The summed E-state index contributed by atoms with van der Waals surface area (Å²) in [6, 6.07) is 7.77. The molecular weight excluding hydrogens is 227 g/mol. The first-order chi connectivity index (χ1) is 8.03. The Hall–Kier alpha value is -1.19. The molecule has 0 saturated heterocycles. The van der Waals surface area contributed by atoms with Gasteiger partial charge in [-0.25, -0.2) is 0 Å². The van der Waals surface area contributed by atoms with E-state index < -0.39 is 12.6 Å². The highest BCUT2D eigenvalue weighted by Crippen LogP contribution is 2.22. The van der Waals surface area contributed by atoms with E-state index in [1.165, 1.54) is 5.56 Å². The minimum Gasteiger partial charge on any atom is -0.385 e. The van der Waals surface area contributed by atoms with Crippen molar-refractivity contribution in [2.24, 2.45) is 0 Å². The number of aryl methyl sites for hydroxylation is 1. The summed E-state index contributed by atoms with van der Waals surface area (Å²) < 4.78 is 35.9. The van der Waals surface area contributed by atoms with E-state index in [0.717, 1.165) is 18.5 Å². The van der Waals surface area contributed by atoms with Crippen molar-refractivity contribution >= 4 is 5.69 Å². The maximum Gasteiger partial charge on any atom is 0.389 e. The zero-order valence-electron chi connectivity index (χ0n) is 9.98. The molecule has 17 heavy (non-hydrogen) atoms. The molecule has 1 aromatic rings. The van der Waals surface area contributed by atoms with E-state index in [0.29, 0.717) is 6.54 Å². The maximum absolute atomic E-state index is 12.0. The number of hydrogen-bond donors (Lipinski definition) is 1. The first kappa shape index (κ1) is 13.9. The largest absolute Gasteiger partial charge is 0.389 e. The average molecular weight is 245 g/mol. The molecular formula is C13H18F3N. The second kappa shape index (κ2) is 6.52. The average Bonchev–Trinajstić information content (AvgIpc) is 2.25. The fourth-order valence-corrected chi connectivity index (χ4v) is 1.69. The van der Waals surface area contributed by atoms with Gasteiger partial charge in [-0.15, -0.1) is 0 Å². The number of halogens is 3. The molecule has 0 bridgehead atoms. The van der Waals surface area contributed by atoms with E-state index in [-0.39, 0.29) is 6.42 Å². The van der Waals surface area contributed by atoms with E-state index in [1.54, 1.807) is 0 Å². The maximum atomic E-state index is 12.0. The molecule has 0 unspecified atom stereocenters. The van der Waals surface area contributed by atoms with Gasteiger partial charge in [0.25, 0.3) is 0 Å². The standard InChI is InChI=1S/C13H18F3N/c1-2-6-11-7-3-4-8-12(11)17-10-5-9-13(14,15)16/h3-4,7-8,17H,2,5-6,9-10H2,1H3. The summed E-state index contributed by atoms with van der Waals surface area (Å²) in [6.07, 6.45) is -2.69. The Kier molecular flexibility index (Phi) is 5.32. The molecule has 0 atom stereocenters. The summed E-state index contributed by atoms with van der Waals surface area (Å²) in [5, 5.41) is 3.07. The van der Waals surface area contributed by atoms with Crippen LogP contribution in [0.25, 0.3) is 0 Å². The SMILES string of the molecule is CCCc1ccccc1NCCCC(F)(F)F. The number of nitrogens with one attached hydrogen (secondary N) is 1. The van der Waals surface area contributed by atoms with Crippen LogP contribution in [0.4, 0.5) is 18.9 Å². The van der Waals surface area contributed by atoms with Crippen molar-refractivity contribution in [2.75, 3.05) is 11.9 Å². The highest BCUT2D eigenvalue weighted by molar-refractivity contribution is 5.51.